The molecule has 2 aromatic rings. The number of pyridine rings is 1. The molecule has 0 spiro atoms. The molecule has 0 amide bonds. The quantitative estimate of drug-likeness (QED) is 0.845. The Morgan fingerprint density at radius 3 is 2.76 bits per heavy atom. The zero-order chi connectivity index (χ0) is 12.5. The monoisotopic (exact) mass is 232 g/mol. The number of ether oxygens (including phenoxy) is 1. The van der Waals surface area contributed by atoms with Gasteiger partial charge in [-0.25, -0.2) is 0 Å². The number of aromatic amines is 1. The number of fused-ring (bicyclic) bond motifs is 1. The summed E-state index contributed by atoms with van der Waals surface area (Å²) in [6.45, 7) is 4.08. The molecule has 4 heteroatoms. The molecule has 0 bridgehead atoms. The molecule has 1 aromatic heterocycles. The molecule has 4 nitrogen and oxygen atoms in total. The van der Waals surface area contributed by atoms with Gasteiger partial charge in [-0.1, -0.05) is 18.2 Å². The van der Waals surface area contributed by atoms with E-state index in [1.165, 1.54) is 0 Å². The second-order valence-electron chi connectivity index (χ2n) is 4.83. The van der Waals surface area contributed by atoms with E-state index in [4.69, 9.17) is 10.5 Å². The van der Waals surface area contributed by atoms with E-state index in [1.54, 1.807) is 6.07 Å². The first-order valence-electron chi connectivity index (χ1n) is 5.49. The van der Waals surface area contributed by atoms with E-state index in [-0.39, 0.29) is 5.56 Å². The average molecular weight is 232 g/mol. The lowest BCUT2D eigenvalue weighted by Crippen LogP contribution is -2.39. The molecule has 0 radical (unpaired) electrons. The van der Waals surface area contributed by atoms with Crippen LogP contribution >= 0.6 is 0 Å². The zero-order valence-electron chi connectivity index (χ0n) is 9.99. The fourth-order valence-corrected chi connectivity index (χ4v) is 1.53. The van der Waals surface area contributed by atoms with Gasteiger partial charge in [-0.05, 0) is 25.3 Å². The SMILES string of the molecule is CC(C)(N)COc1cc2ccccc2c(=O)[nH]1. The molecular formula is C13H16N2O2. The van der Waals surface area contributed by atoms with Gasteiger partial charge in [0.15, 0.2) is 5.88 Å². The topological polar surface area (TPSA) is 68.1 Å². The molecule has 1 heterocycles. The molecule has 3 N–H and O–H groups in total. The molecule has 0 fully saturated rings. The number of H-pyrrole nitrogens is 1. The Hall–Kier alpha value is -1.81. The smallest absolute Gasteiger partial charge is 0.258 e. The molecule has 90 valence electrons. The highest BCUT2D eigenvalue weighted by Crippen LogP contribution is 2.14. The van der Waals surface area contributed by atoms with Gasteiger partial charge in [0.25, 0.3) is 5.56 Å². The lowest BCUT2D eigenvalue weighted by atomic mass is 10.1. The Labute approximate surface area is 99.4 Å². The van der Waals surface area contributed by atoms with Crippen molar-refractivity contribution in [3.8, 4) is 5.88 Å². The highest BCUT2D eigenvalue weighted by Gasteiger charge is 2.12. The van der Waals surface area contributed by atoms with Gasteiger partial charge in [-0.15, -0.1) is 0 Å². The van der Waals surface area contributed by atoms with Crippen LogP contribution in [0.5, 0.6) is 5.88 Å². The molecule has 0 aliphatic heterocycles. The van der Waals surface area contributed by atoms with Gasteiger partial charge in [-0.2, -0.15) is 0 Å². The number of nitrogens with one attached hydrogen (secondary N) is 1. The summed E-state index contributed by atoms with van der Waals surface area (Å²) in [5, 5.41) is 1.52. The summed E-state index contributed by atoms with van der Waals surface area (Å²) in [6, 6.07) is 9.19. The van der Waals surface area contributed by atoms with Crippen LogP contribution < -0.4 is 16.0 Å². The summed E-state index contributed by atoms with van der Waals surface area (Å²) >= 11 is 0. The highest BCUT2D eigenvalue weighted by molar-refractivity contribution is 5.82. The molecular weight excluding hydrogens is 216 g/mol. The molecule has 0 aliphatic carbocycles. The number of hydrogen-bond donors (Lipinski definition) is 2. The van der Waals surface area contributed by atoms with Crippen molar-refractivity contribution in [1.82, 2.24) is 4.98 Å². The summed E-state index contributed by atoms with van der Waals surface area (Å²) < 4.78 is 5.48. The van der Waals surface area contributed by atoms with Gasteiger partial charge in [0.05, 0.1) is 0 Å². The van der Waals surface area contributed by atoms with Crippen LogP contribution in [-0.2, 0) is 0 Å². The van der Waals surface area contributed by atoms with E-state index in [2.05, 4.69) is 4.98 Å². The minimum absolute atomic E-state index is 0.145. The minimum atomic E-state index is -0.428. The summed E-state index contributed by atoms with van der Waals surface area (Å²) in [7, 11) is 0. The minimum Gasteiger partial charge on any atom is -0.477 e. The summed E-state index contributed by atoms with van der Waals surface area (Å²) in [5.41, 5.74) is 5.24. The third-order valence-electron chi connectivity index (χ3n) is 2.33. The van der Waals surface area contributed by atoms with Crippen molar-refractivity contribution in [2.45, 2.75) is 19.4 Å². The van der Waals surface area contributed by atoms with Crippen LogP contribution in [0, 0.1) is 0 Å². The maximum Gasteiger partial charge on any atom is 0.258 e. The van der Waals surface area contributed by atoms with Crippen molar-refractivity contribution in [2.24, 2.45) is 5.73 Å². The first-order chi connectivity index (χ1) is 7.96. The Balaban J connectivity index is 2.34. The molecule has 0 aliphatic rings. The third-order valence-corrected chi connectivity index (χ3v) is 2.33. The summed E-state index contributed by atoms with van der Waals surface area (Å²) in [4.78, 5) is 14.4. The fourth-order valence-electron chi connectivity index (χ4n) is 1.53. The van der Waals surface area contributed by atoms with Crippen LogP contribution in [0.25, 0.3) is 10.8 Å². The van der Waals surface area contributed by atoms with E-state index < -0.39 is 5.54 Å². The maximum atomic E-state index is 11.8. The van der Waals surface area contributed by atoms with Gasteiger partial charge in [-0.3, -0.25) is 9.78 Å². The molecule has 0 unspecified atom stereocenters. The van der Waals surface area contributed by atoms with Crippen molar-refractivity contribution in [3.05, 3.63) is 40.7 Å². The lowest BCUT2D eigenvalue weighted by molar-refractivity contribution is 0.235. The first kappa shape index (κ1) is 11.7. The van der Waals surface area contributed by atoms with Gasteiger partial charge in [0.2, 0.25) is 0 Å². The number of aromatic nitrogens is 1. The van der Waals surface area contributed by atoms with Crippen molar-refractivity contribution in [3.63, 3.8) is 0 Å². The number of rotatable bonds is 3. The van der Waals surface area contributed by atoms with Crippen LogP contribution in [0.15, 0.2) is 35.1 Å². The van der Waals surface area contributed by atoms with E-state index in [0.717, 1.165) is 5.39 Å². The largest absolute Gasteiger partial charge is 0.477 e. The predicted molar refractivity (Wildman–Crippen MR) is 68.3 cm³/mol. The van der Waals surface area contributed by atoms with E-state index in [0.29, 0.717) is 17.9 Å². The molecule has 0 atom stereocenters. The zero-order valence-corrected chi connectivity index (χ0v) is 9.99. The Kier molecular flexibility index (Phi) is 2.90. The average Bonchev–Trinajstić information content (AvgIpc) is 2.26. The number of hydrogen-bond acceptors (Lipinski definition) is 3. The molecule has 0 saturated carbocycles. The van der Waals surface area contributed by atoms with E-state index >= 15 is 0 Å². The van der Waals surface area contributed by atoms with Gasteiger partial charge < -0.3 is 10.5 Å². The van der Waals surface area contributed by atoms with Crippen LogP contribution in [0.1, 0.15) is 13.8 Å². The Morgan fingerprint density at radius 2 is 2.06 bits per heavy atom. The Morgan fingerprint density at radius 1 is 1.35 bits per heavy atom. The first-order valence-corrected chi connectivity index (χ1v) is 5.49. The molecule has 2 rings (SSSR count). The van der Waals surface area contributed by atoms with Gasteiger partial charge in [0.1, 0.15) is 6.61 Å². The van der Waals surface area contributed by atoms with E-state index in [1.807, 2.05) is 38.1 Å². The second-order valence-corrected chi connectivity index (χ2v) is 4.83. The molecule has 1 aromatic carbocycles. The van der Waals surface area contributed by atoms with Crippen LogP contribution in [-0.4, -0.2) is 17.1 Å². The third kappa shape index (κ3) is 2.85. The van der Waals surface area contributed by atoms with Crippen molar-refractivity contribution in [2.75, 3.05) is 6.61 Å². The highest BCUT2D eigenvalue weighted by atomic mass is 16.5. The van der Waals surface area contributed by atoms with Crippen molar-refractivity contribution < 1.29 is 4.74 Å². The maximum absolute atomic E-state index is 11.8. The second kappa shape index (κ2) is 4.22. The van der Waals surface area contributed by atoms with Crippen LogP contribution in [0.3, 0.4) is 0 Å². The predicted octanol–water partition coefficient (Wildman–Crippen LogP) is 1.64. The summed E-state index contributed by atoms with van der Waals surface area (Å²) in [6.07, 6.45) is 0. The van der Waals surface area contributed by atoms with Crippen molar-refractivity contribution >= 4 is 10.8 Å². The number of benzene rings is 1. The number of nitrogens with two attached hydrogens (primary N) is 1. The molecule has 17 heavy (non-hydrogen) atoms. The van der Waals surface area contributed by atoms with Crippen LogP contribution in [0.2, 0.25) is 0 Å². The standard InChI is InChI=1S/C13H16N2O2/c1-13(2,14)8-17-11-7-9-5-3-4-6-10(9)12(16)15-11/h3-7H,8,14H2,1-2H3,(H,15,16). The normalized spacial score (nSPS) is 11.7. The van der Waals surface area contributed by atoms with E-state index in [9.17, 15) is 4.79 Å². The van der Waals surface area contributed by atoms with Crippen molar-refractivity contribution in [1.29, 1.82) is 0 Å². The molecule has 0 saturated heterocycles. The summed E-state index contributed by atoms with van der Waals surface area (Å²) in [5.74, 6) is 0.451. The fraction of sp³-hybridized carbons (Fsp3) is 0.308. The Bertz CT molecular complexity index is 582. The lowest BCUT2D eigenvalue weighted by Gasteiger charge is -2.18. The van der Waals surface area contributed by atoms with Crippen LogP contribution in [0.4, 0.5) is 0 Å². The van der Waals surface area contributed by atoms with Gasteiger partial charge in [0, 0.05) is 17.0 Å². The van der Waals surface area contributed by atoms with Gasteiger partial charge >= 0.3 is 0 Å².